The van der Waals surface area contributed by atoms with Gasteiger partial charge in [0.25, 0.3) is 0 Å². The largest absolute Gasteiger partial charge is 0.332 e. The van der Waals surface area contributed by atoms with Crippen molar-refractivity contribution in [1.29, 1.82) is 0 Å². The number of para-hydroxylation sites is 1. The van der Waals surface area contributed by atoms with Crippen LogP contribution in [0.15, 0.2) is 72.8 Å². The highest BCUT2D eigenvalue weighted by Gasteiger charge is 2.06. The Hall–Kier alpha value is -2.43. The van der Waals surface area contributed by atoms with Gasteiger partial charge < -0.3 is 10.6 Å². The molecule has 0 aliphatic heterocycles. The zero-order valence-electron chi connectivity index (χ0n) is 13.3. The molecule has 2 nitrogen and oxygen atoms in total. The Morgan fingerprint density at radius 3 is 2.40 bits per heavy atom. The summed E-state index contributed by atoms with van der Waals surface area (Å²) < 4.78 is 13.2. The van der Waals surface area contributed by atoms with E-state index in [9.17, 15) is 4.39 Å². The molecule has 0 radical (unpaired) electrons. The van der Waals surface area contributed by atoms with Gasteiger partial charge in [0, 0.05) is 11.4 Å². The van der Waals surface area contributed by atoms with Crippen molar-refractivity contribution >= 4 is 40.3 Å². The third-order valence-electron chi connectivity index (χ3n) is 3.68. The number of thiocarbonyl (C=S) groups is 1. The van der Waals surface area contributed by atoms with Gasteiger partial charge in [-0.2, -0.15) is 0 Å². The van der Waals surface area contributed by atoms with E-state index in [1.165, 1.54) is 17.7 Å². The highest BCUT2D eigenvalue weighted by atomic mass is 35.5. The van der Waals surface area contributed by atoms with E-state index < -0.39 is 5.82 Å². The fourth-order valence-corrected chi connectivity index (χ4v) is 2.88. The number of rotatable bonds is 4. The zero-order valence-corrected chi connectivity index (χ0v) is 14.9. The fraction of sp³-hybridized carbons (Fsp3) is 0.0500. The second-order valence-corrected chi connectivity index (χ2v) is 6.34. The van der Waals surface area contributed by atoms with Gasteiger partial charge in [0.2, 0.25) is 0 Å². The fourth-order valence-electron chi connectivity index (χ4n) is 2.47. The van der Waals surface area contributed by atoms with Crippen molar-refractivity contribution < 1.29 is 4.39 Å². The molecule has 0 aromatic heterocycles. The molecule has 0 aliphatic rings. The number of hydrogen-bond donors (Lipinski definition) is 2. The predicted molar refractivity (Wildman–Crippen MR) is 107 cm³/mol. The Morgan fingerprint density at radius 2 is 1.64 bits per heavy atom. The molecule has 0 bridgehead atoms. The Labute approximate surface area is 156 Å². The maximum atomic E-state index is 13.2. The average Bonchev–Trinajstić information content (AvgIpc) is 2.61. The summed E-state index contributed by atoms with van der Waals surface area (Å²) >= 11 is 11.2. The van der Waals surface area contributed by atoms with Gasteiger partial charge in [-0.1, -0.05) is 60.1 Å². The average molecular weight is 371 g/mol. The molecule has 3 rings (SSSR count). The normalized spacial score (nSPS) is 10.3. The molecule has 0 spiro atoms. The first-order chi connectivity index (χ1) is 12.1. The molecule has 5 heteroatoms. The first-order valence-corrected chi connectivity index (χ1v) is 8.55. The van der Waals surface area contributed by atoms with E-state index in [-0.39, 0.29) is 5.02 Å². The summed E-state index contributed by atoms with van der Waals surface area (Å²) in [6.45, 7) is 0. The molecule has 0 amide bonds. The lowest BCUT2D eigenvalue weighted by Gasteiger charge is -2.14. The summed E-state index contributed by atoms with van der Waals surface area (Å²) in [5.74, 6) is -0.459. The van der Waals surface area contributed by atoms with Crippen LogP contribution in [0, 0.1) is 5.82 Å². The smallest absolute Gasteiger partial charge is 0.175 e. The summed E-state index contributed by atoms with van der Waals surface area (Å²) in [5.41, 5.74) is 3.91. The van der Waals surface area contributed by atoms with Gasteiger partial charge in [-0.05, 0) is 54.0 Å². The second-order valence-electron chi connectivity index (χ2n) is 5.53. The zero-order chi connectivity index (χ0) is 17.6. The van der Waals surface area contributed by atoms with E-state index in [4.69, 9.17) is 23.8 Å². The van der Waals surface area contributed by atoms with Gasteiger partial charge in [0.1, 0.15) is 5.82 Å². The summed E-state index contributed by atoms with van der Waals surface area (Å²) in [7, 11) is 0. The highest BCUT2D eigenvalue weighted by molar-refractivity contribution is 7.80. The molecule has 0 heterocycles. The van der Waals surface area contributed by atoms with E-state index in [1.807, 2.05) is 36.4 Å². The molecule has 126 valence electrons. The third-order valence-corrected chi connectivity index (χ3v) is 4.17. The van der Waals surface area contributed by atoms with Crippen molar-refractivity contribution in [3.05, 3.63) is 94.8 Å². The summed E-state index contributed by atoms with van der Waals surface area (Å²) in [6, 6.07) is 22.6. The van der Waals surface area contributed by atoms with Crippen molar-refractivity contribution in [2.75, 3.05) is 10.6 Å². The Bertz CT molecular complexity index is 884. The monoisotopic (exact) mass is 370 g/mol. The molecular weight excluding hydrogens is 355 g/mol. The lowest BCUT2D eigenvalue weighted by atomic mass is 10.0. The topological polar surface area (TPSA) is 24.1 Å². The van der Waals surface area contributed by atoms with E-state index in [0.29, 0.717) is 10.8 Å². The maximum Gasteiger partial charge on any atom is 0.175 e. The van der Waals surface area contributed by atoms with Crippen LogP contribution < -0.4 is 10.6 Å². The highest BCUT2D eigenvalue weighted by Crippen LogP contribution is 2.21. The van der Waals surface area contributed by atoms with Crippen LogP contribution in [0.4, 0.5) is 15.8 Å². The molecule has 2 N–H and O–H groups in total. The molecule has 0 atom stereocenters. The number of nitrogens with one attached hydrogen (secondary N) is 2. The minimum atomic E-state index is -0.459. The lowest BCUT2D eigenvalue weighted by Crippen LogP contribution is -2.20. The predicted octanol–water partition coefficient (Wildman–Crippen LogP) is 5.88. The van der Waals surface area contributed by atoms with Crippen molar-refractivity contribution in [1.82, 2.24) is 0 Å². The molecule has 0 saturated heterocycles. The van der Waals surface area contributed by atoms with E-state index in [2.05, 4.69) is 28.8 Å². The molecule has 3 aromatic carbocycles. The van der Waals surface area contributed by atoms with Crippen LogP contribution >= 0.6 is 23.8 Å². The minimum Gasteiger partial charge on any atom is -0.332 e. The molecule has 25 heavy (non-hydrogen) atoms. The van der Waals surface area contributed by atoms with Gasteiger partial charge in [-0.15, -0.1) is 0 Å². The Kier molecular flexibility index (Phi) is 5.64. The van der Waals surface area contributed by atoms with Crippen LogP contribution in [-0.2, 0) is 6.42 Å². The second kappa shape index (κ2) is 8.10. The molecular formula is C20H16ClFN2S. The molecule has 0 saturated carbocycles. The van der Waals surface area contributed by atoms with Crippen molar-refractivity contribution in [2.24, 2.45) is 0 Å². The van der Waals surface area contributed by atoms with Crippen LogP contribution in [0.3, 0.4) is 0 Å². The minimum absolute atomic E-state index is 0.0530. The first-order valence-electron chi connectivity index (χ1n) is 7.77. The Morgan fingerprint density at radius 1 is 0.920 bits per heavy atom. The number of benzene rings is 3. The molecule has 0 fully saturated rings. The third kappa shape index (κ3) is 4.78. The van der Waals surface area contributed by atoms with Crippen LogP contribution in [0.1, 0.15) is 11.1 Å². The summed E-state index contributed by atoms with van der Waals surface area (Å²) in [5, 5.41) is 6.69. The van der Waals surface area contributed by atoms with Crippen LogP contribution in [0.5, 0.6) is 0 Å². The number of anilines is 2. The molecule has 0 aliphatic carbocycles. The lowest BCUT2D eigenvalue weighted by molar-refractivity contribution is 0.628. The first kappa shape index (κ1) is 17.4. The van der Waals surface area contributed by atoms with Crippen molar-refractivity contribution in [2.45, 2.75) is 6.42 Å². The van der Waals surface area contributed by atoms with Gasteiger partial charge in [0.15, 0.2) is 5.11 Å². The van der Waals surface area contributed by atoms with Crippen molar-refractivity contribution in [3.8, 4) is 0 Å². The SMILES string of the molecule is Fc1ccc(NC(=S)Nc2ccccc2Cc2ccccc2)cc1Cl. The van der Waals surface area contributed by atoms with E-state index in [1.54, 1.807) is 6.07 Å². The van der Waals surface area contributed by atoms with Crippen molar-refractivity contribution in [3.63, 3.8) is 0 Å². The van der Waals surface area contributed by atoms with Gasteiger partial charge >= 0.3 is 0 Å². The van der Waals surface area contributed by atoms with Crippen LogP contribution in [0.25, 0.3) is 0 Å². The van der Waals surface area contributed by atoms with Gasteiger partial charge in [0.05, 0.1) is 5.02 Å². The molecule has 0 unspecified atom stereocenters. The maximum absolute atomic E-state index is 13.2. The number of hydrogen-bond acceptors (Lipinski definition) is 1. The van der Waals surface area contributed by atoms with Crippen LogP contribution in [0.2, 0.25) is 5.02 Å². The van der Waals surface area contributed by atoms with Gasteiger partial charge in [-0.25, -0.2) is 4.39 Å². The Balaban J connectivity index is 1.72. The summed E-state index contributed by atoms with van der Waals surface area (Å²) in [4.78, 5) is 0. The standard InChI is InChI=1S/C20H16ClFN2S/c21-17-13-16(10-11-18(17)22)23-20(25)24-19-9-5-4-8-15(19)12-14-6-2-1-3-7-14/h1-11,13H,12H2,(H2,23,24,25). The molecule has 3 aromatic rings. The summed E-state index contributed by atoms with van der Waals surface area (Å²) in [6.07, 6.45) is 0.801. The van der Waals surface area contributed by atoms with Gasteiger partial charge in [-0.3, -0.25) is 0 Å². The van der Waals surface area contributed by atoms with E-state index in [0.717, 1.165) is 17.7 Å². The van der Waals surface area contributed by atoms with E-state index >= 15 is 0 Å². The quantitative estimate of drug-likeness (QED) is 0.561. The van der Waals surface area contributed by atoms with Crippen LogP contribution in [-0.4, -0.2) is 5.11 Å². The number of halogens is 2.